The van der Waals surface area contributed by atoms with Crippen molar-refractivity contribution in [2.45, 2.75) is 25.7 Å². The molecule has 3 nitrogen and oxygen atoms in total. The van der Waals surface area contributed by atoms with E-state index < -0.39 is 0 Å². The van der Waals surface area contributed by atoms with Crippen LogP contribution in [0.15, 0.2) is 30.3 Å². The highest BCUT2D eigenvalue weighted by Gasteiger charge is 2.28. The van der Waals surface area contributed by atoms with Crippen LogP contribution in [-0.4, -0.2) is 17.0 Å². The third kappa shape index (κ3) is 1.96. The summed E-state index contributed by atoms with van der Waals surface area (Å²) in [4.78, 5) is 9.38. The third-order valence-corrected chi connectivity index (χ3v) is 3.39. The van der Waals surface area contributed by atoms with Crippen molar-refractivity contribution >= 4 is 5.82 Å². The standard InChI is InChI=1S/C15H17N3/c1-10-13(11-6-4-3-5-7-11)17-15(12-8-9-12)18-14(10)16-2/h3-7,12H,8-9H2,1-2H3,(H,16,17,18). The molecule has 18 heavy (non-hydrogen) atoms. The number of nitrogens with zero attached hydrogens (tertiary/aromatic N) is 2. The van der Waals surface area contributed by atoms with Gasteiger partial charge in [0, 0.05) is 24.1 Å². The second kappa shape index (κ2) is 4.41. The molecule has 3 rings (SSSR count). The van der Waals surface area contributed by atoms with Crippen molar-refractivity contribution in [2.24, 2.45) is 0 Å². The van der Waals surface area contributed by atoms with E-state index in [1.165, 1.54) is 12.8 Å². The lowest BCUT2D eigenvalue weighted by Gasteiger charge is -2.12. The van der Waals surface area contributed by atoms with E-state index in [0.29, 0.717) is 5.92 Å². The number of hydrogen-bond donors (Lipinski definition) is 1. The minimum Gasteiger partial charge on any atom is -0.373 e. The lowest BCUT2D eigenvalue weighted by molar-refractivity contribution is 0.924. The van der Waals surface area contributed by atoms with E-state index in [-0.39, 0.29) is 0 Å². The first-order valence-corrected chi connectivity index (χ1v) is 6.41. The van der Waals surface area contributed by atoms with Crippen LogP contribution >= 0.6 is 0 Å². The van der Waals surface area contributed by atoms with Crippen LogP contribution in [0.4, 0.5) is 5.82 Å². The fourth-order valence-electron chi connectivity index (χ4n) is 2.18. The first kappa shape index (κ1) is 11.2. The molecule has 0 amide bonds. The number of anilines is 1. The highest BCUT2D eigenvalue weighted by molar-refractivity contribution is 5.68. The molecule has 1 aromatic heterocycles. The van der Waals surface area contributed by atoms with Gasteiger partial charge in [-0.15, -0.1) is 0 Å². The van der Waals surface area contributed by atoms with Gasteiger partial charge in [-0.2, -0.15) is 0 Å². The summed E-state index contributed by atoms with van der Waals surface area (Å²) in [5.41, 5.74) is 3.33. The Kier molecular flexibility index (Phi) is 2.74. The molecule has 1 saturated carbocycles. The van der Waals surface area contributed by atoms with E-state index in [1.807, 2.05) is 25.2 Å². The molecule has 3 heteroatoms. The van der Waals surface area contributed by atoms with E-state index in [0.717, 1.165) is 28.5 Å². The van der Waals surface area contributed by atoms with Crippen LogP contribution in [0.25, 0.3) is 11.3 Å². The minimum atomic E-state index is 0.570. The fraction of sp³-hybridized carbons (Fsp3) is 0.333. The van der Waals surface area contributed by atoms with Crippen LogP contribution < -0.4 is 5.32 Å². The van der Waals surface area contributed by atoms with Gasteiger partial charge < -0.3 is 5.32 Å². The predicted molar refractivity (Wildman–Crippen MR) is 73.7 cm³/mol. The number of hydrogen-bond acceptors (Lipinski definition) is 3. The van der Waals surface area contributed by atoms with Gasteiger partial charge in [0.15, 0.2) is 0 Å². The number of rotatable bonds is 3. The number of nitrogens with one attached hydrogen (secondary N) is 1. The molecule has 0 unspecified atom stereocenters. The summed E-state index contributed by atoms with van der Waals surface area (Å²) >= 11 is 0. The van der Waals surface area contributed by atoms with Gasteiger partial charge in [-0.05, 0) is 19.8 Å². The Morgan fingerprint density at radius 1 is 1.11 bits per heavy atom. The van der Waals surface area contributed by atoms with Crippen LogP contribution in [-0.2, 0) is 0 Å². The molecule has 1 aliphatic carbocycles. The van der Waals surface area contributed by atoms with Crippen molar-refractivity contribution in [3.05, 3.63) is 41.7 Å². The molecule has 1 aromatic carbocycles. The monoisotopic (exact) mass is 239 g/mol. The van der Waals surface area contributed by atoms with Crippen molar-refractivity contribution in [3.8, 4) is 11.3 Å². The van der Waals surface area contributed by atoms with Crippen molar-refractivity contribution in [1.29, 1.82) is 0 Å². The quantitative estimate of drug-likeness (QED) is 0.892. The average Bonchev–Trinajstić information content (AvgIpc) is 3.24. The molecule has 1 heterocycles. The Morgan fingerprint density at radius 2 is 1.83 bits per heavy atom. The van der Waals surface area contributed by atoms with E-state index in [2.05, 4.69) is 29.4 Å². The maximum atomic E-state index is 4.76. The summed E-state index contributed by atoms with van der Waals surface area (Å²) in [6.07, 6.45) is 2.45. The Hall–Kier alpha value is -1.90. The van der Waals surface area contributed by atoms with Crippen molar-refractivity contribution < 1.29 is 0 Å². The van der Waals surface area contributed by atoms with Gasteiger partial charge in [-0.1, -0.05) is 30.3 Å². The molecule has 0 spiro atoms. The van der Waals surface area contributed by atoms with Crippen LogP contribution in [0.3, 0.4) is 0 Å². The van der Waals surface area contributed by atoms with Crippen LogP contribution in [0.2, 0.25) is 0 Å². The summed E-state index contributed by atoms with van der Waals surface area (Å²) in [6, 6.07) is 10.3. The molecule has 92 valence electrons. The zero-order valence-electron chi connectivity index (χ0n) is 10.8. The van der Waals surface area contributed by atoms with E-state index in [1.54, 1.807) is 0 Å². The average molecular weight is 239 g/mol. The Balaban J connectivity index is 2.15. The maximum absolute atomic E-state index is 4.76. The maximum Gasteiger partial charge on any atom is 0.134 e. The first-order valence-electron chi connectivity index (χ1n) is 6.41. The fourth-order valence-corrected chi connectivity index (χ4v) is 2.18. The van der Waals surface area contributed by atoms with Crippen LogP contribution in [0, 0.1) is 6.92 Å². The van der Waals surface area contributed by atoms with Gasteiger partial charge in [-0.25, -0.2) is 9.97 Å². The summed E-state index contributed by atoms with van der Waals surface area (Å²) in [5.74, 6) is 2.51. The normalized spacial score (nSPS) is 14.6. The molecule has 2 aromatic rings. The summed E-state index contributed by atoms with van der Waals surface area (Å²) in [5, 5.41) is 3.18. The molecule has 0 atom stereocenters. The zero-order valence-corrected chi connectivity index (χ0v) is 10.8. The van der Waals surface area contributed by atoms with E-state index in [9.17, 15) is 0 Å². The van der Waals surface area contributed by atoms with Crippen molar-refractivity contribution in [3.63, 3.8) is 0 Å². The molecule has 1 aliphatic rings. The van der Waals surface area contributed by atoms with Crippen LogP contribution in [0.1, 0.15) is 30.1 Å². The van der Waals surface area contributed by atoms with Gasteiger partial charge in [-0.3, -0.25) is 0 Å². The lowest BCUT2D eigenvalue weighted by atomic mass is 10.1. The second-order valence-electron chi connectivity index (χ2n) is 4.79. The van der Waals surface area contributed by atoms with E-state index >= 15 is 0 Å². The summed E-state index contributed by atoms with van der Waals surface area (Å²) in [6.45, 7) is 2.07. The number of aromatic nitrogens is 2. The molecule has 0 saturated heterocycles. The Morgan fingerprint density at radius 3 is 2.44 bits per heavy atom. The number of benzene rings is 1. The first-order chi connectivity index (χ1) is 8.79. The summed E-state index contributed by atoms with van der Waals surface area (Å²) < 4.78 is 0. The third-order valence-electron chi connectivity index (χ3n) is 3.39. The minimum absolute atomic E-state index is 0.570. The Bertz CT molecular complexity index is 559. The van der Waals surface area contributed by atoms with E-state index in [4.69, 9.17) is 4.98 Å². The molecular weight excluding hydrogens is 222 g/mol. The highest BCUT2D eigenvalue weighted by atomic mass is 15.0. The van der Waals surface area contributed by atoms with Gasteiger partial charge >= 0.3 is 0 Å². The lowest BCUT2D eigenvalue weighted by Crippen LogP contribution is -2.04. The smallest absolute Gasteiger partial charge is 0.134 e. The zero-order chi connectivity index (χ0) is 12.5. The van der Waals surface area contributed by atoms with Crippen LogP contribution in [0.5, 0.6) is 0 Å². The van der Waals surface area contributed by atoms with Gasteiger partial charge in [0.1, 0.15) is 11.6 Å². The second-order valence-corrected chi connectivity index (χ2v) is 4.79. The SMILES string of the molecule is CNc1nc(C2CC2)nc(-c2ccccc2)c1C. The van der Waals surface area contributed by atoms with Crippen molar-refractivity contribution in [1.82, 2.24) is 9.97 Å². The highest BCUT2D eigenvalue weighted by Crippen LogP contribution is 2.40. The van der Waals surface area contributed by atoms with Crippen molar-refractivity contribution in [2.75, 3.05) is 12.4 Å². The topological polar surface area (TPSA) is 37.8 Å². The molecule has 0 bridgehead atoms. The molecule has 0 aliphatic heterocycles. The van der Waals surface area contributed by atoms with Gasteiger partial charge in [0.05, 0.1) is 5.69 Å². The Labute approximate surface area is 107 Å². The van der Waals surface area contributed by atoms with Gasteiger partial charge in [0.25, 0.3) is 0 Å². The molecular formula is C15H17N3. The van der Waals surface area contributed by atoms with Gasteiger partial charge in [0.2, 0.25) is 0 Å². The largest absolute Gasteiger partial charge is 0.373 e. The predicted octanol–water partition coefficient (Wildman–Crippen LogP) is 3.37. The molecule has 1 N–H and O–H groups in total. The summed E-state index contributed by atoms with van der Waals surface area (Å²) in [7, 11) is 1.92. The molecule has 1 fully saturated rings. The molecule has 0 radical (unpaired) electrons.